The molecule has 0 aromatic carbocycles. The van der Waals surface area contributed by atoms with E-state index in [0.29, 0.717) is 32.8 Å². The van der Waals surface area contributed by atoms with Crippen molar-refractivity contribution in [3.8, 4) is 0 Å². The molecule has 0 saturated carbocycles. The minimum atomic E-state index is -3.45. The van der Waals surface area contributed by atoms with Gasteiger partial charge in [0.15, 0.2) is 0 Å². The molecule has 2 fully saturated rings. The van der Waals surface area contributed by atoms with Gasteiger partial charge in [0.25, 0.3) is 10.2 Å². The van der Waals surface area contributed by atoms with E-state index < -0.39 is 15.7 Å². The Morgan fingerprint density at radius 2 is 2.05 bits per heavy atom. The van der Waals surface area contributed by atoms with Gasteiger partial charge in [0.2, 0.25) is 0 Å². The molecule has 2 heterocycles. The highest BCUT2D eigenvalue weighted by Gasteiger charge is 2.44. The molecule has 1 unspecified atom stereocenters. The summed E-state index contributed by atoms with van der Waals surface area (Å²) in [5.74, 6) is 0. The van der Waals surface area contributed by atoms with Gasteiger partial charge in [0, 0.05) is 25.7 Å². The Labute approximate surface area is 116 Å². The van der Waals surface area contributed by atoms with E-state index in [1.165, 1.54) is 0 Å². The fraction of sp³-hybridized carbons (Fsp3) is 1.00. The Morgan fingerprint density at radius 1 is 1.32 bits per heavy atom. The van der Waals surface area contributed by atoms with Crippen LogP contribution in [0, 0.1) is 0 Å². The average Bonchev–Trinajstić information content (AvgIpc) is 2.37. The summed E-state index contributed by atoms with van der Waals surface area (Å²) in [6, 6.07) is -0.0580. The van der Waals surface area contributed by atoms with Crippen molar-refractivity contribution >= 4 is 10.2 Å². The summed E-state index contributed by atoms with van der Waals surface area (Å²) in [6.07, 6.45) is 2.83. The van der Waals surface area contributed by atoms with Crippen molar-refractivity contribution in [1.29, 1.82) is 0 Å². The fourth-order valence-corrected chi connectivity index (χ4v) is 5.08. The summed E-state index contributed by atoms with van der Waals surface area (Å²) < 4.78 is 34.3. The van der Waals surface area contributed by atoms with Crippen LogP contribution >= 0.6 is 0 Å². The molecule has 7 heteroatoms. The first kappa shape index (κ1) is 15.2. The standard InChI is InChI=1S/C12H25N3O3S/c1-12(2)10-18-8-7-15(12)19(16,17)14-6-4-3-5-11(14)9-13/h11H,3-10,13H2,1-2H3. The lowest BCUT2D eigenvalue weighted by atomic mass is 10.1. The second-order valence-corrected chi connectivity index (χ2v) is 7.75. The third-order valence-corrected chi connectivity index (χ3v) is 6.30. The maximum absolute atomic E-state index is 12.9. The Balaban J connectivity index is 2.25. The zero-order valence-corrected chi connectivity index (χ0v) is 12.7. The normalized spacial score (nSPS) is 30.4. The molecule has 0 spiro atoms. The van der Waals surface area contributed by atoms with Crippen LogP contribution < -0.4 is 5.73 Å². The summed E-state index contributed by atoms with van der Waals surface area (Å²) in [4.78, 5) is 0. The van der Waals surface area contributed by atoms with Crippen molar-refractivity contribution in [2.24, 2.45) is 5.73 Å². The zero-order valence-electron chi connectivity index (χ0n) is 11.8. The van der Waals surface area contributed by atoms with Gasteiger partial charge in [-0.2, -0.15) is 17.0 Å². The van der Waals surface area contributed by atoms with Crippen LogP contribution in [0.2, 0.25) is 0 Å². The minimum Gasteiger partial charge on any atom is -0.378 e. The molecule has 0 aliphatic carbocycles. The molecule has 2 aliphatic heterocycles. The molecule has 2 N–H and O–H groups in total. The molecule has 0 radical (unpaired) electrons. The Bertz CT molecular complexity index is 410. The maximum Gasteiger partial charge on any atom is 0.282 e. The summed E-state index contributed by atoms with van der Waals surface area (Å²) in [7, 11) is -3.45. The average molecular weight is 291 g/mol. The highest BCUT2D eigenvalue weighted by atomic mass is 32.2. The number of nitrogens with zero attached hydrogens (tertiary/aromatic N) is 2. The van der Waals surface area contributed by atoms with E-state index in [1.54, 1.807) is 8.61 Å². The van der Waals surface area contributed by atoms with Crippen LogP contribution in [0.3, 0.4) is 0 Å². The molecule has 2 saturated heterocycles. The first-order chi connectivity index (χ1) is 8.89. The molecular weight excluding hydrogens is 266 g/mol. The number of nitrogens with two attached hydrogens (primary N) is 1. The van der Waals surface area contributed by atoms with E-state index in [9.17, 15) is 8.42 Å². The van der Waals surface area contributed by atoms with Crippen LogP contribution in [0.1, 0.15) is 33.1 Å². The van der Waals surface area contributed by atoms with Crippen LogP contribution in [0.4, 0.5) is 0 Å². The van der Waals surface area contributed by atoms with Crippen molar-refractivity contribution in [2.45, 2.75) is 44.7 Å². The highest BCUT2D eigenvalue weighted by molar-refractivity contribution is 7.86. The van der Waals surface area contributed by atoms with Gasteiger partial charge in [-0.25, -0.2) is 0 Å². The zero-order chi connectivity index (χ0) is 14.1. The van der Waals surface area contributed by atoms with Crippen molar-refractivity contribution in [1.82, 2.24) is 8.61 Å². The van der Waals surface area contributed by atoms with Crippen molar-refractivity contribution in [3.63, 3.8) is 0 Å². The summed E-state index contributed by atoms with van der Waals surface area (Å²) >= 11 is 0. The second-order valence-electron chi connectivity index (χ2n) is 5.94. The molecule has 2 aliphatic rings. The van der Waals surface area contributed by atoms with Crippen LogP contribution in [0.25, 0.3) is 0 Å². The first-order valence-corrected chi connectivity index (χ1v) is 8.37. The lowest BCUT2D eigenvalue weighted by Crippen LogP contribution is -2.61. The van der Waals surface area contributed by atoms with E-state index in [2.05, 4.69) is 0 Å². The van der Waals surface area contributed by atoms with Crippen LogP contribution in [0.5, 0.6) is 0 Å². The lowest BCUT2D eigenvalue weighted by molar-refractivity contribution is -0.0117. The van der Waals surface area contributed by atoms with E-state index in [4.69, 9.17) is 10.5 Å². The summed E-state index contributed by atoms with van der Waals surface area (Å²) in [6.45, 7) is 6.11. The highest BCUT2D eigenvalue weighted by Crippen LogP contribution is 2.28. The monoisotopic (exact) mass is 291 g/mol. The maximum atomic E-state index is 12.9. The van der Waals surface area contributed by atoms with Crippen LogP contribution in [-0.4, -0.2) is 61.5 Å². The number of hydrogen-bond donors (Lipinski definition) is 1. The molecular formula is C12H25N3O3S. The topological polar surface area (TPSA) is 75.9 Å². The molecule has 6 nitrogen and oxygen atoms in total. The predicted molar refractivity (Wildman–Crippen MR) is 73.9 cm³/mol. The summed E-state index contributed by atoms with van der Waals surface area (Å²) in [5, 5.41) is 0. The van der Waals surface area contributed by atoms with Crippen molar-refractivity contribution < 1.29 is 13.2 Å². The molecule has 112 valence electrons. The summed E-state index contributed by atoms with van der Waals surface area (Å²) in [5.41, 5.74) is 5.25. The Hall–Kier alpha value is -0.210. The van der Waals surface area contributed by atoms with Crippen molar-refractivity contribution in [2.75, 3.05) is 32.8 Å². The molecule has 1 atom stereocenters. The lowest BCUT2D eigenvalue weighted by Gasteiger charge is -2.45. The van der Waals surface area contributed by atoms with Gasteiger partial charge in [0.1, 0.15) is 0 Å². The first-order valence-electron chi connectivity index (χ1n) is 6.97. The van der Waals surface area contributed by atoms with Gasteiger partial charge in [-0.05, 0) is 26.7 Å². The van der Waals surface area contributed by atoms with Gasteiger partial charge in [-0.15, -0.1) is 0 Å². The van der Waals surface area contributed by atoms with Crippen LogP contribution in [0.15, 0.2) is 0 Å². The number of rotatable bonds is 3. The Kier molecular flexibility index (Phi) is 4.52. The van der Waals surface area contributed by atoms with Gasteiger partial charge >= 0.3 is 0 Å². The van der Waals surface area contributed by atoms with Crippen LogP contribution in [-0.2, 0) is 14.9 Å². The number of hydrogen-bond acceptors (Lipinski definition) is 4. The third-order valence-electron chi connectivity index (χ3n) is 3.99. The SMILES string of the molecule is CC1(C)COCCN1S(=O)(=O)N1CCCCC1CN. The smallest absolute Gasteiger partial charge is 0.282 e. The minimum absolute atomic E-state index is 0.0580. The molecule has 19 heavy (non-hydrogen) atoms. The van der Waals surface area contributed by atoms with E-state index in [-0.39, 0.29) is 6.04 Å². The van der Waals surface area contributed by atoms with E-state index in [1.807, 2.05) is 13.8 Å². The van der Waals surface area contributed by atoms with Gasteiger partial charge in [0.05, 0.1) is 18.8 Å². The second kappa shape index (κ2) is 5.65. The largest absolute Gasteiger partial charge is 0.378 e. The van der Waals surface area contributed by atoms with E-state index >= 15 is 0 Å². The van der Waals surface area contributed by atoms with E-state index in [0.717, 1.165) is 19.3 Å². The fourth-order valence-electron chi connectivity index (χ4n) is 2.91. The van der Waals surface area contributed by atoms with Crippen molar-refractivity contribution in [3.05, 3.63) is 0 Å². The molecule has 2 rings (SSSR count). The molecule has 0 bridgehead atoms. The molecule has 0 aromatic rings. The predicted octanol–water partition coefficient (Wildman–Crippen LogP) is 0.155. The van der Waals surface area contributed by atoms with Gasteiger partial charge < -0.3 is 10.5 Å². The number of ether oxygens (including phenoxy) is 1. The molecule has 0 aromatic heterocycles. The quantitative estimate of drug-likeness (QED) is 0.803. The Morgan fingerprint density at radius 3 is 2.68 bits per heavy atom. The third kappa shape index (κ3) is 2.95. The van der Waals surface area contributed by atoms with Gasteiger partial charge in [-0.3, -0.25) is 0 Å². The number of piperidine rings is 1. The number of morpholine rings is 1. The molecule has 0 amide bonds. The van der Waals surface area contributed by atoms with Gasteiger partial charge in [-0.1, -0.05) is 6.42 Å².